The fourth-order valence-corrected chi connectivity index (χ4v) is 5.33. The van der Waals surface area contributed by atoms with Crippen LogP contribution in [0.5, 0.6) is 0 Å². The van der Waals surface area contributed by atoms with Crippen molar-refractivity contribution in [3.63, 3.8) is 0 Å². The number of fused-ring (bicyclic) bond motifs is 6. The summed E-state index contributed by atoms with van der Waals surface area (Å²) in [6.07, 6.45) is 0. The standard InChI is InChI=1S/C33H20N4O/c1-3-11-21(12-4-1)29-25-16-7-9-17-26(25)35-33(36-29)37-28-18-10-8-15-23(28)24-19-20-27-31(30(24)37)38-32(34-27)22-13-5-2-6-14-22/h1-20H. The van der Waals surface area contributed by atoms with Crippen LogP contribution < -0.4 is 0 Å². The first-order chi connectivity index (χ1) is 18.8. The van der Waals surface area contributed by atoms with Gasteiger partial charge in [0.2, 0.25) is 11.8 Å². The van der Waals surface area contributed by atoms with Gasteiger partial charge in [-0.05, 0) is 36.4 Å². The summed E-state index contributed by atoms with van der Waals surface area (Å²) in [5.41, 5.74) is 7.20. The van der Waals surface area contributed by atoms with Crippen LogP contribution >= 0.6 is 0 Å². The van der Waals surface area contributed by atoms with Gasteiger partial charge in [-0.15, -0.1) is 0 Å². The van der Waals surface area contributed by atoms with E-state index in [9.17, 15) is 0 Å². The number of hydrogen-bond acceptors (Lipinski definition) is 4. The minimum Gasteiger partial charge on any atom is -0.434 e. The van der Waals surface area contributed by atoms with Crippen LogP contribution in [-0.2, 0) is 0 Å². The normalized spacial score (nSPS) is 11.7. The first-order valence-corrected chi connectivity index (χ1v) is 12.6. The number of nitrogens with zero attached hydrogens (tertiary/aromatic N) is 4. The van der Waals surface area contributed by atoms with E-state index in [4.69, 9.17) is 19.4 Å². The van der Waals surface area contributed by atoms with Gasteiger partial charge >= 0.3 is 0 Å². The van der Waals surface area contributed by atoms with Gasteiger partial charge in [-0.3, -0.25) is 4.57 Å². The Morgan fingerprint density at radius 2 is 1.18 bits per heavy atom. The molecule has 0 amide bonds. The van der Waals surface area contributed by atoms with E-state index in [-0.39, 0.29) is 0 Å². The van der Waals surface area contributed by atoms with Gasteiger partial charge in [-0.25, -0.2) is 15.0 Å². The van der Waals surface area contributed by atoms with Crippen LogP contribution in [0.3, 0.4) is 0 Å². The lowest BCUT2D eigenvalue weighted by Crippen LogP contribution is -2.03. The zero-order valence-electron chi connectivity index (χ0n) is 20.2. The average Bonchev–Trinajstić information content (AvgIpc) is 3.57. The molecule has 8 aromatic rings. The van der Waals surface area contributed by atoms with Crippen LogP contribution in [0.1, 0.15) is 0 Å². The molecule has 0 aliphatic rings. The Hall–Kier alpha value is -5.29. The largest absolute Gasteiger partial charge is 0.434 e. The molecular weight excluding hydrogens is 468 g/mol. The molecule has 0 atom stereocenters. The van der Waals surface area contributed by atoms with Crippen molar-refractivity contribution in [3.05, 3.63) is 121 Å². The monoisotopic (exact) mass is 488 g/mol. The average molecular weight is 489 g/mol. The minimum absolute atomic E-state index is 0.592. The number of benzene rings is 5. The maximum absolute atomic E-state index is 6.47. The zero-order valence-corrected chi connectivity index (χ0v) is 20.2. The van der Waals surface area contributed by atoms with E-state index in [1.165, 1.54) is 0 Å². The van der Waals surface area contributed by atoms with E-state index < -0.39 is 0 Å². The van der Waals surface area contributed by atoms with Gasteiger partial charge in [0.15, 0.2) is 5.58 Å². The van der Waals surface area contributed by atoms with Crippen LogP contribution in [-0.4, -0.2) is 19.5 Å². The molecular formula is C33H20N4O. The van der Waals surface area contributed by atoms with E-state index >= 15 is 0 Å². The molecule has 0 aliphatic carbocycles. The van der Waals surface area contributed by atoms with Crippen molar-refractivity contribution in [1.29, 1.82) is 0 Å². The summed E-state index contributed by atoms with van der Waals surface area (Å²) in [4.78, 5) is 15.1. The van der Waals surface area contributed by atoms with Crippen molar-refractivity contribution >= 4 is 43.8 Å². The number of para-hydroxylation sites is 2. The Morgan fingerprint density at radius 1 is 0.500 bits per heavy atom. The Labute approximate surface area is 217 Å². The van der Waals surface area contributed by atoms with E-state index in [2.05, 4.69) is 47.0 Å². The number of hydrogen-bond donors (Lipinski definition) is 0. The van der Waals surface area contributed by atoms with Crippen molar-refractivity contribution in [2.75, 3.05) is 0 Å². The van der Waals surface area contributed by atoms with Crippen LogP contribution in [0.15, 0.2) is 126 Å². The summed E-state index contributed by atoms with van der Waals surface area (Å²) in [5, 5.41) is 3.20. The molecule has 3 heterocycles. The molecule has 0 saturated heterocycles. The molecule has 0 unspecified atom stereocenters. The second-order valence-corrected chi connectivity index (χ2v) is 9.30. The van der Waals surface area contributed by atoms with Gasteiger partial charge < -0.3 is 4.42 Å². The smallest absolute Gasteiger partial charge is 0.235 e. The topological polar surface area (TPSA) is 56.7 Å². The molecule has 0 radical (unpaired) electrons. The summed E-state index contributed by atoms with van der Waals surface area (Å²) < 4.78 is 8.59. The summed E-state index contributed by atoms with van der Waals surface area (Å²) in [5.74, 6) is 1.19. The molecule has 8 rings (SSSR count). The van der Waals surface area contributed by atoms with Gasteiger partial charge in [0, 0.05) is 27.3 Å². The highest BCUT2D eigenvalue weighted by Crippen LogP contribution is 2.38. The summed E-state index contributed by atoms with van der Waals surface area (Å²) in [6, 6.07) is 40.9. The first-order valence-electron chi connectivity index (χ1n) is 12.6. The molecule has 178 valence electrons. The second kappa shape index (κ2) is 8.11. The summed E-state index contributed by atoms with van der Waals surface area (Å²) in [6.45, 7) is 0. The zero-order chi connectivity index (χ0) is 25.1. The predicted molar refractivity (Wildman–Crippen MR) is 152 cm³/mol. The highest BCUT2D eigenvalue weighted by Gasteiger charge is 2.21. The van der Waals surface area contributed by atoms with Gasteiger partial charge in [0.25, 0.3) is 0 Å². The number of oxazole rings is 1. The van der Waals surface area contributed by atoms with Gasteiger partial charge in [0.1, 0.15) is 11.0 Å². The van der Waals surface area contributed by atoms with Crippen molar-refractivity contribution < 1.29 is 4.42 Å². The molecule has 5 aromatic carbocycles. The van der Waals surface area contributed by atoms with E-state index in [0.717, 1.165) is 60.6 Å². The molecule has 0 saturated carbocycles. The third kappa shape index (κ3) is 3.09. The number of aromatic nitrogens is 4. The minimum atomic E-state index is 0.592. The van der Waals surface area contributed by atoms with E-state index in [0.29, 0.717) is 11.8 Å². The molecule has 0 aliphatic heterocycles. The lowest BCUT2D eigenvalue weighted by Gasteiger charge is -2.11. The highest BCUT2D eigenvalue weighted by atomic mass is 16.3. The van der Waals surface area contributed by atoms with Crippen molar-refractivity contribution in [1.82, 2.24) is 19.5 Å². The third-order valence-electron chi connectivity index (χ3n) is 7.05. The first kappa shape index (κ1) is 20.9. The van der Waals surface area contributed by atoms with E-state index in [1.54, 1.807) is 0 Å². The number of rotatable bonds is 3. The SMILES string of the molecule is c1ccc(-c2nc3ccc4c5ccccc5n(-c5nc(-c6ccccc6)c6ccccc6n5)c4c3o2)cc1. The second-order valence-electron chi connectivity index (χ2n) is 9.30. The molecule has 0 fully saturated rings. The van der Waals surface area contributed by atoms with Crippen LogP contribution in [0, 0.1) is 0 Å². The van der Waals surface area contributed by atoms with Crippen molar-refractivity contribution in [3.8, 4) is 28.7 Å². The fourth-order valence-electron chi connectivity index (χ4n) is 5.33. The Balaban J connectivity index is 1.50. The lowest BCUT2D eigenvalue weighted by atomic mass is 10.1. The quantitative estimate of drug-likeness (QED) is 0.251. The van der Waals surface area contributed by atoms with E-state index in [1.807, 2.05) is 78.9 Å². The van der Waals surface area contributed by atoms with Crippen LogP contribution in [0.2, 0.25) is 0 Å². The van der Waals surface area contributed by atoms with Crippen LogP contribution in [0.25, 0.3) is 72.5 Å². The Morgan fingerprint density at radius 3 is 2.00 bits per heavy atom. The highest BCUT2D eigenvalue weighted by molar-refractivity contribution is 6.16. The molecule has 38 heavy (non-hydrogen) atoms. The van der Waals surface area contributed by atoms with Gasteiger partial charge in [-0.1, -0.05) is 84.9 Å². The molecule has 5 heteroatoms. The van der Waals surface area contributed by atoms with Gasteiger partial charge in [-0.2, -0.15) is 0 Å². The lowest BCUT2D eigenvalue weighted by molar-refractivity contribution is 0.621. The molecule has 3 aromatic heterocycles. The van der Waals surface area contributed by atoms with Gasteiger partial charge in [0.05, 0.1) is 16.7 Å². The molecule has 0 spiro atoms. The Bertz CT molecular complexity index is 2130. The maximum Gasteiger partial charge on any atom is 0.235 e. The molecule has 0 bridgehead atoms. The Kier molecular flexibility index (Phi) is 4.45. The maximum atomic E-state index is 6.47. The van der Waals surface area contributed by atoms with Crippen molar-refractivity contribution in [2.24, 2.45) is 0 Å². The van der Waals surface area contributed by atoms with Crippen molar-refractivity contribution in [2.45, 2.75) is 0 Å². The summed E-state index contributed by atoms with van der Waals surface area (Å²) in [7, 11) is 0. The third-order valence-corrected chi connectivity index (χ3v) is 7.05. The predicted octanol–water partition coefficient (Wildman–Crippen LogP) is 8.20. The van der Waals surface area contributed by atoms with Crippen LogP contribution in [0.4, 0.5) is 0 Å². The molecule has 0 N–H and O–H groups in total. The summed E-state index contributed by atoms with van der Waals surface area (Å²) >= 11 is 0. The molecule has 5 nitrogen and oxygen atoms in total. The fraction of sp³-hybridized carbons (Fsp3) is 0.